The van der Waals surface area contributed by atoms with Crippen LogP contribution in [-0.2, 0) is 36.3 Å². The Morgan fingerprint density at radius 1 is 1.13 bits per heavy atom. The molecule has 0 radical (unpaired) electrons. The SMILES string of the molecule is CCc1ccc(-c2nn(C)c(=O)c3c2CCCC3)cc1S(=O)(=O)N1CCC[C@H](C)C1. The number of sulfonamides is 1. The fourth-order valence-corrected chi connectivity index (χ4v) is 6.74. The molecule has 1 saturated heterocycles. The van der Waals surface area contributed by atoms with E-state index in [0.29, 0.717) is 30.3 Å². The third-order valence-corrected chi connectivity index (χ3v) is 8.46. The molecule has 0 N–H and O–H groups in total. The molecule has 30 heavy (non-hydrogen) atoms. The van der Waals surface area contributed by atoms with Crippen molar-refractivity contribution >= 4 is 10.0 Å². The second-order valence-corrected chi connectivity index (χ2v) is 10.6. The topological polar surface area (TPSA) is 72.3 Å². The van der Waals surface area contributed by atoms with Crippen LogP contribution in [0.5, 0.6) is 0 Å². The minimum Gasteiger partial charge on any atom is -0.268 e. The second-order valence-electron chi connectivity index (χ2n) is 8.73. The van der Waals surface area contributed by atoms with Crippen molar-refractivity contribution in [1.29, 1.82) is 0 Å². The Morgan fingerprint density at radius 3 is 2.57 bits per heavy atom. The molecule has 4 rings (SSSR count). The van der Waals surface area contributed by atoms with Gasteiger partial charge in [0.15, 0.2) is 0 Å². The number of hydrogen-bond acceptors (Lipinski definition) is 4. The Balaban J connectivity index is 1.85. The van der Waals surface area contributed by atoms with Crippen LogP contribution in [0, 0.1) is 5.92 Å². The molecule has 7 heteroatoms. The van der Waals surface area contributed by atoms with Crippen molar-refractivity contribution in [3.05, 3.63) is 45.2 Å². The summed E-state index contributed by atoms with van der Waals surface area (Å²) >= 11 is 0. The van der Waals surface area contributed by atoms with Crippen LogP contribution in [0.25, 0.3) is 11.3 Å². The lowest BCUT2D eigenvalue weighted by atomic mass is 9.89. The molecule has 6 nitrogen and oxygen atoms in total. The largest absolute Gasteiger partial charge is 0.269 e. The molecule has 0 bridgehead atoms. The van der Waals surface area contributed by atoms with Crippen molar-refractivity contribution in [1.82, 2.24) is 14.1 Å². The second kappa shape index (κ2) is 8.27. The molecule has 0 saturated carbocycles. The lowest BCUT2D eigenvalue weighted by Crippen LogP contribution is -2.39. The van der Waals surface area contributed by atoms with E-state index in [-0.39, 0.29) is 5.56 Å². The Hall–Kier alpha value is -1.99. The first-order valence-corrected chi connectivity index (χ1v) is 12.5. The maximum absolute atomic E-state index is 13.6. The van der Waals surface area contributed by atoms with Gasteiger partial charge in [-0.25, -0.2) is 13.1 Å². The zero-order valence-corrected chi connectivity index (χ0v) is 19.0. The molecule has 162 valence electrons. The van der Waals surface area contributed by atoms with Gasteiger partial charge in [0.1, 0.15) is 0 Å². The first-order chi connectivity index (χ1) is 14.3. The molecule has 0 amide bonds. The summed E-state index contributed by atoms with van der Waals surface area (Å²) in [5, 5.41) is 4.56. The molecule has 0 unspecified atom stereocenters. The zero-order chi connectivity index (χ0) is 21.5. The maximum Gasteiger partial charge on any atom is 0.269 e. The standard InChI is InChI=1S/C23H31N3O3S/c1-4-17-11-12-18(14-21(17)30(28,29)26-13-7-8-16(2)15-26)22-19-9-5-6-10-20(19)23(27)25(3)24-22/h11-12,14,16H,4-10,13,15H2,1-3H3/t16-/m0/s1. The van der Waals surface area contributed by atoms with Crippen molar-refractivity contribution in [2.75, 3.05) is 13.1 Å². The molecule has 0 spiro atoms. The molecule has 1 fully saturated rings. The summed E-state index contributed by atoms with van der Waals surface area (Å²) in [6.45, 7) is 5.25. The van der Waals surface area contributed by atoms with E-state index < -0.39 is 10.0 Å². The monoisotopic (exact) mass is 429 g/mol. The number of aromatic nitrogens is 2. The molecule has 2 aromatic rings. The quantitative estimate of drug-likeness (QED) is 0.748. The smallest absolute Gasteiger partial charge is 0.268 e. The Bertz CT molecular complexity index is 1120. The number of fused-ring (bicyclic) bond motifs is 1. The van der Waals surface area contributed by atoms with Crippen molar-refractivity contribution in [2.45, 2.75) is 63.7 Å². The third kappa shape index (κ3) is 3.73. The minimum atomic E-state index is -3.57. The minimum absolute atomic E-state index is 0.0335. The average molecular weight is 430 g/mol. The van der Waals surface area contributed by atoms with E-state index in [9.17, 15) is 13.2 Å². The normalized spacial score (nSPS) is 20.2. The van der Waals surface area contributed by atoms with Gasteiger partial charge in [-0.3, -0.25) is 4.79 Å². The summed E-state index contributed by atoms with van der Waals surface area (Å²) < 4.78 is 30.2. The van der Waals surface area contributed by atoms with Gasteiger partial charge in [0.2, 0.25) is 10.0 Å². The van der Waals surface area contributed by atoms with Crippen LogP contribution in [0.1, 0.15) is 56.2 Å². The summed E-state index contributed by atoms with van der Waals surface area (Å²) in [5.74, 6) is 0.374. The highest BCUT2D eigenvalue weighted by Crippen LogP contribution is 2.32. The third-order valence-electron chi connectivity index (χ3n) is 6.51. The van der Waals surface area contributed by atoms with Gasteiger partial charge in [0, 0.05) is 31.3 Å². The van der Waals surface area contributed by atoms with E-state index in [2.05, 4.69) is 12.0 Å². The van der Waals surface area contributed by atoms with Gasteiger partial charge < -0.3 is 0 Å². The van der Waals surface area contributed by atoms with E-state index >= 15 is 0 Å². The van der Waals surface area contributed by atoms with E-state index in [1.54, 1.807) is 17.4 Å². The number of rotatable bonds is 4. The fourth-order valence-electron chi connectivity index (χ4n) is 4.82. The number of hydrogen-bond donors (Lipinski definition) is 0. The first-order valence-electron chi connectivity index (χ1n) is 11.1. The summed E-state index contributed by atoms with van der Waals surface area (Å²) in [7, 11) is -1.90. The van der Waals surface area contributed by atoms with Crippen LogP contribution in [0.4, 0.5) is 0 Å². The van der Waals surface area contributed by atoms with Crippen LogP contribution in [0.2, 0.25) is 0 Å². The Morgan fingerprint density at radius 2 is 1.87 bits per heavy atom. The summed E-state index contributed by atoms with van der Waals surface area (Å²) in [5.41, 5.74) is 4.15. The van der Waals surface area contributed by atoms with E-state index in [1.165, 1.54) is 4.68 Å². The van der Waals surface area contributed by atoms with Crippen LogP contribution in [0.15, 0.2) is 27.9 Å². The van der Waals surface area contributed by atoms with E-state index in [0.717, 1.165) is 66.5 Å². The number of aryl methyl sites for hydroxylation is 2. The van der Waals surface area contributed by atoms with Gasteiger partial charge in [0.25, 0.3) is 5.56 Å². The molecule has 2 heterocycles. The average Bonchev–Trinajstić information content (AvgIpc) is 2.76. The molecule has 1 aliphatic heterocycles. The molecular formula is C23H31N3O3S. The maximum atomic E-state index is 13.6. The van der Waals surface area contributed by atoms with Crippen LogP contribution >= 0.6 is 0 Å². The predicted molar refractivity (Wildman–Crippen MR) is 118 cm³/mol. The lowest BCUT2D eigenvalue weighted by Gasteiger charge is -2.30. The van der Waals surface area contributed by atoms with Crippen molar-refractivity contribution < 1.29 is 8.42 Å². The van der Waals surface area contributed by atoms with E-state index in [4.69, 9.17) is 0 Å². The molecule has 1 atom stereocenters. The molecule has 2 aliphatic rings. The molecule has 1 aliphatic carbocycles. The van der Waals surface area contributed by atoms with Crippen molar-refractivity contribution in [3.63, 3.8) is 0 Å². The van der Waals surface area contributed by atoms with Crippen LogP contribution in [0.3, 0.4) is 0 Å². The van der Waals surface area contributed by atoms with Gasteiger partial charge in [-0.1, -0.05) is 26.0 Å². The number of nitrogens with zero attached hydrogens (tertiary/aromatic N) is 3. The lowest BCUT2D eigenvalue weighted by molar-refractivity contribution is 0.281. The molecule has 1 aromatic carbocycles. The van der Waals surface area contributed by atoms with Gasteiger partial charge in [-0.15, -0.1) is 0 Å². The van der Waals surface area contributed by atoms with Crippen molar-refractivity contribution in [2.24, 2.45) is 13.0 Å². The highest BCUT2D eigenvalue weighted by molar-refractivity contribution is 7.89. The van der Waals surface area contributed by atoms with Crippen LogP contribution < -0.4 is 5.56 Å². The molecular weight excluding hydrogens is 398 g/mol. The summed E-state index contributed by atoms with van der Waals surface area (Å²) in [6.07, 6.45) is 6.23. The number of piperidine rings is 1. The molecule has 1 aromatic heterocycles. The van der Waals surface area contributed by atoms with Crippen LogP contribution in [-0.4, -0.2) is 35.6 Å². The van der Waals surface area contributed by atoms with Gasteiger partial charge in [-0.2, -0.15) is 9.40 Å². The number of benzene rings is 1. The Kier molecular flexibility index (Phi) is 5.86. The summed E-state index contributed by atoms with van der Waals surface area (Å²) in [4.78, 5) is 12.9. The van der Waals surface area contributed by atoms with Gasteiger partial charge in [0.05, 0.1) is 10.6 Å². The van der Waals surface area contributed by atoms with Gasteiger partial charge >= 0.3 is 0 Å². The van der Waals surface area contributed by atoms with Crippen molar-refractivity contribution in [3.8, 4) is 11.3 Å². The first kappa shape index (κ1) is 21.2. The van der Waals surface area contributed by atoms with E-state index in [1.807, 2.05) is 19.1 Å². The summed E-state index contributed by atoms with van der Waals surface area (Å²) in [6, 6.07) is 5.66. The van der Waals surface area contributed by atoms with Gasteiger partial charge in [-0.05, 0) is 68.1 Å². The highest BCUT2D eigenvalue weighted by atomic mass is 32.2. The zero-order valence-electron chi connectivity index (χ0n) is 18.1. The highest BCUT2D eigenvalue weighted by Gasteiger charge is 2.31. The Labute approximate surface area is 179 Å². The fraction of sp³-hybridized carbons (Fsp3) is 0.565. The predicted octanol–water partition coefficient (Wildman–Crippen LogP) is 3.31.